The van der Waals surface area contributed by atoms with Gasteiger partial charge in [-0.2, -0.15) is 0 Å². The van der Waals surface area contributed by atoms with Crippen LogP contribution in [-0.2, 0) is 4.74 Å². The van der Waals surface area contributed by atoms with Crippen LogP contribution >= 0.6 is 11.6 Å². The second-order valence-corrected chi connectivity index (χ2v) is 9.29. The molecular weight excluding hydrogens is 489 g/mol. The molecule has 3 aromatic rings. The quantitative estimate of drug-likeness (QED) is 0.554. The largest absolute Gasteiger partial charge is 0.477 e. The lowest BCUT2D eigenvalue weighted by Gasteiger charge is -2.40. The van der Waals surface area contributed by atoms with Gasteiger partial charge < -0.3 is 20.5 Å². The molecule has 2 aromatic heterocycles. The molecule has 2 fully saturated rings. The number of carbonyl (C=O) groups is 1. The van der Waals surface area contributed by atoms with Crippen LogP contribution in [0.15, 0.2) is 23.1 Å². The van der Waals surface area contributed by atoms with Crippen molar-refractivity contribution in [3.05, 3.63) is 56.6 Å². The first-order valence-electron chi connectivity index (χ1n) is 10.9. The van der Waals surface area contributed by atoms with E-state index in [0.717, 1.165) is 36.1 Å². The average Bonchev–Trinajstić information content (AvgIpc) is 3.26. The number of pyridine rings is 2. The van der Waals surface area contributed by atoms with E-state index in [-0.39, 0.29) is 21.6 Å². The van der Waals surface area contributed by atoms with Crippen molar-refractivity contribution >= 4 is 40.0 Å². The minimum Gasteiger partial charge on any atom is -0.477 e. The minimum absolute atomic E-state index is 0.000325. The van der Waals surface area contributed by atoms with Crippen LogP contribution in [0.1, 0.15) is 29.6 Å². The number of aromatic nitrogens is 2. The van der Waals surface area contributed by atoms with Crippen LogP contribution in [0.4, 0.5) is 24.7 Å². The highest BCUT2D eigenvalue weighted by Crippen LogP contribution is 2.43. The van der Waals surface area contributed by atoms with E-state index in [0.29, 0.717) is 32.4 Å². The molecule has 0 bridgehead atoms. The lowest BCUT2D eigenvalue weighted by atomic mass is 9.78. The number of ether oxygens (including phenoxy) is 1. The van der Waals surface area contributed by atoms with Crippen molar-refractivity contribution < 1.29 is 27.8 Å². The normalized spacial score (nSPS) is 17.4. The van der Waals surface area contributed by atoms with E-state index in [2.05, 4.69) is 4.98 Å². The van der Waals surface area contributed by atoms with Gasteiger partial charge in [-0.15, -0.1) is 0 Å². The molecule has 0 radical (unpaired) electrons. The Morgan fingerprint density at radius 2 is 1.86 bits per heavy atom. The molecule has 2 saturated heterocycles. The Balaban J connectivity index is 1.74. The average molecular weight is 509 g/mol. The van der Waals surface area contributed by atoms with E-state index >= 15 is 4.39 Å². The van der Waals surface area contributed by atoms with Gasteiger partial charge in [-0.05, 0) is 30.7 Å². The van der Waals surface area contributed by atoms with Crippen LogP contribution in [0.3, 0.4) is 0 Å². The number of hydrogen-bond acceptors (Lipinski definition) is 6. The van der Waals surface area contributed by atoms with Crippen molar-refractivity contribution in [1.29, 1.82) is 0 Å². The predicted octanol–water partition coefficient (Wildman–Crippen LogP) is 3.74. The maximum atomic E-state index is 15.4. The first-order valence-corrected chi connectivity index (χ1v) is 11.2. The number of rotatable bonds is 3. The summed E-state index contributed by atoms with van der Waals surface area (Å²) in [7, 11) is 0. The molecule has 12 heteroatoms. The smallest absolute Gasteiger partial charge is 0.341 e. The molecule has 1 spiro atoms. The van der Waals surface area contributed by atoms with Gasteiger partial charge in [0.05, 0.1) is 28.2 Å². The van der Waals surface area contributed by atoms with Crippen LogP contribution < -0.4 is 16.1 Å². The number of carboxylic acid groups (broad SMARTS) is 1. The summed E-state index contributed by atoms with van der Waals surface area (Å²) < 4.78 is 50.3. The standard InChI is InChI=1S/C23H20ClF3N4O4/c24-16-17-11(7-13(25)18(16)30-4-1-23(2-5-30)3-6-35-10-23)19(32)12(22(33)34)9-31(17)21-15(27)8-14(26)20(28)29-21/h7-9H,1-6,10H2,(H2,28,29)(H,33,34). The summed E-state index contributed by atoms with van der Waals surface area (Å²) in [6.45, 7) is 2.27. The molecule has 2 aliphatic rings. The number of anilines is 2. The van der Waals surface area contributed by atoms with Crippen LogP contribution in [0.5, 0.6) is 0 Å². The van der Waals surface area contributed by atoms with Crippen LogP contribution in [0.2, 0.25) is 5.02 Å². The van der Waals surface area contributed by atoms with Crippen molar-refractivity contribution in [2.24, 2.45) is 5.41 Å². The summed E-state index contributed by atoms with van der Waals surface area (Å²) in [5.41, 5.74) is 3.60. The predicted molar refractivity (Wildman–Crippen MR) is 123 cm³/mol. The van der Waals surface area contributed by atoms with E-state index in [9.17, 15) is 23.5 Å². The van der Waals surface area contributed by atoms with E-state index in [4.69, 9.17) is 22.1 Å². The number of aromatic carboxylic acids is 1. The Kier molecular flexibility index (Phi) is 5.64. The van der Waals surface area contributed by atoms with Gasteiger partial charge in [0, 0.05) is 32.0 Å². The first-order chi connectivity index (χ1) is 16.6. The molecule has 2 aliphatic heterocycles. The molecule has 0 aliphatic carbocycles. The lowest BCUT2D eigenvalue weighted by Crippen LogP contribution is -2.41. The Hall–Kier alpha value is -3.31. The highest BCUT2D eigenvalue weighted by atomic mass is 35.5. The van der Waals surface area contributed by atoms with Crippen molar-refractivity contribution in [1.82, 2.24) is 9.55 Å². The summed E-state index contributed by atoms with van der Waals surface area (Å²) in [6, 6.07) is 1.36. The number of piperidine rings is 1. The monoisotopic (exact) mass is 508 g/mol. The zero-order valence-electron chi connectivity index (χ0n) is 18.3. The maximum Gasteiger partial charge on any atom is 0.341 e. The van der Waals surface area contributed by atoms with E-state index in [1.807, 2.05) is 0 Å². The van der Waals surface area contributed by atoms with Gasteiger partial charge >= 0.3 is 5.97 Å². The molecule has 4 heterocycles. The van der Waals surface area contributed by atoms with E-state index < -0.39 is 51.4 Å². The third-order valence-corrected chi connectivity index (χ3v) is 7.24. The van der Waals surface area contributed by atoms with Crippen LogP contribution in [-0.4, -0.2) is 46.9 Å². The number of fused-ring (bicyclic) bond motifs is 1. The maximum absolute atomic E-state index is 15.4. The summed E-state index contributed by atoms with van der Waals surface area (Å²) in [4.78, 5) is 30.0. The van der Waals surface area contributed by atoms with Gasteiger partial charge in [-0.3, -0.25) is 9.36 Å². The highest BCUT2D eigenvalue weighted by Gasteiger charge is 2.39. The number of halogens is 4. The number of nitrogens with zero attached hydrogens (tertiary/aromatic N) is 3. The fourth-order valence-electron chi connectivity index (χ4n) is 4.90. The Bertz CT molecular complexity index is 1430. The van der Waals surface area contributed by atoms with Gasteiger partial charge in [-0.1, -0.05) is 11.6 Å². The van der Waals surface area contributed by atoms with Crippen molar-refractivity contribution in [2.75, 3.05) is 36.9 Å². The highest BCUT2D eigenvalue weighted by molar-refractivity contribution is 6.38. The molecule has 1 aromatic carbocycles. The number of nitrogen functional groups attached to an aromatic ring is 1. The van der Waals surface area contributed by atoms with Gasteiger partial charge in [0.2, 0.25) is 5.43 Å². The third kappa shape index (κ3) is 3.79. The second-order valence-electron chi connectivity index (χ2n) is 8.91. The number of benzene rings is 1. The summed E-state index contributed by atoms with van der Waals surface area (Å²) in [6.07, 6.45) is 3.24. The molecule has 0 amide bonds. The zero-order chi connectivity index (χ0) is 25.1. The Morgan fingerprint density at radius 3 is 2.49 bits per heavy atom. The lowest BCUT2D eigenvalue weighted by molar-refractivity contribution is 0.0695. The zero-order valence-corrected chi connectivity index (χ0v) is 19.0. The van der Waals surface area contributed by atoms with Crippen LogP contribution in [0, 0.1) is 22.9 Å². The van der Waals surface area contributed by atoms with E-state index in [1.165, 1.54) is 0 Å². The summed E-state index contributed by atoms with van der Waals surface area (Å²) in [5, 5.41) is 8.89. The van der Waals surface area contributed by atoms with Gasteiger partial charge in [0.25, 0.3) is 0 Å². The summed E-state index contributed by atoms with van der Waals surface area (Å²) >= 11 is 6.64. The third-order valence-electron chi connectivity index (χ3n) is 6.88. The molecule has 5 rings (SSSR count). The molecule has 3 N–H and O–H groups in total. The SMILES string of the molecule is Nc1nc(-n2cc(C(=O)O)c(=O)c3cc(F)c(N4CCC5(CCOC5)CC4)c(Cl)c32)c(F)cc1F. The van der Waals surface area contributed by atoms with Crippen molar-refractivity contribution in [3.63, 3.8) is 0 Å². The topological polar surface area (TPSA) is 111 Å². The summed E-state index contributed by atoms with van der Waals surface area (Å²) in [5.74, 6) is -5.98. The molecule has 0 atom stereocenters. The molecule has 8 nitrogen and oxygen atoms in total. The molecule has 0 saturated carbocycles. The first kappa shape index (κ1) is 23.4. The Morgan fingerprint density at radius 1 is 1.14 bits per heavy atom. The number of carboxylic acids is 1. The number of nitrogens with two attached hydrogens (primary N) is 1. The second kappa shape index (κ2) is 8.42. The fraction of sp³-hybridized carbons (Fsp3) is 0.348. The number of hydrogen-bond donors (Lipinski definition) is 2. The molecule has 0 unspecified atom stereocenters. The van der Waals surface area contributed by atoms with Crippen LogP contribution in [0.25, 0.3) is 16.7 Å². The van der Waals surface area contributed by atoms with Gasteiger partial charge in [0.15, 0.2) is 23.3 Å². The van der Waals surface area contributed by atoms with Crippen molar-refractivity contribution in [2.45, 2.75) is 19.3 Å². The van der Waals surface area contributed by atoms with Gasteiger partial charge in [-0.25, -0.2) is 22.9 Å². The van der Waals surface area contributed by atoms with Crippen molar-refractivity contribution in [3.8, 4) is 5.82 Å². The van der Waals surface area contributed by atoms with Gasteiger partial charge in [0.1, 0.15) is 11.4 Å². The molecule has 184 valence electrons. The fourth-order valence-corrected chi connectivity index (χ4v) is 5.30. The Labute approximate surface area is 201 Å². The molecule has 35 heavy (non-hydrogen) atoms. The van der Waals surface area contributed by atoms with E-state index in [1.54, 1.807) is 4.90 Å². The minimum atomic E-state index is -1.62. The molecular formula is C23H20ClF3N4O4.